The molecule has 6 rings (SSSR count). The molecule has 0 unspecified atom stereocenters. The molecular formula is C28H23N5O2. The van der Waals surface area contributed by atoms with E-state index < -0.39 is 0 Å². The molecule has 0 bridgehead atoms. The molecular weight excluding hydrogens is 438 g/mol. The van der Waals surface area contributed by atoms with Crippen LogP contribution in [0.5, 0.6) is 5.75 Å². The lowest BCUT2D eigenvalue weighted by Gasteiger charge is -2.09. The monoisotopic (exact) mass is 461 g/mol. The van der Waals surface area contributed by atoms with Crippen molar-refractivity contribution < 1.29 is 4.74 Å². The molecule has 0 atom stereocenters. The Morgan fingerprint density at radius 1 is 0.943 bits per heavy atom. The van der Waals surface area contributed by atoms with Crippen LogP contribution in [-0.2, 0) is 0 Å². The molecule has 0 amide bonds. The van der Waals surface area contributed by atoms with Crippen molar-refractivity contribution in [3.8, 4) is 33.8 Å². The molecule has 3 aromatic carbocycles. The molecule has 2 heterocycles. The second-order valence-corrected chi connectivity index (χ2v) is 8.69. The minimum atomic E-state index is 0.399. The van der Waals surface area contributed by atoms with Crippen LogP contribution in [0.4, 0.5) is 11.5 Å². The summed E-state index contributed by atoms with van der Waals surface area (Å²) >= 11 is 0. The van der Waals surface area contributed by atoms with E-state index in [0.29, 0.717) is 11.7 Å². The van der Waals surface area contributed by atoms with Gasteiger partial charge >= 0.3 is 0 Å². The highest BCUT2D eigenvalue weighted by atomic mass is 16.5. The number of methoxy groups -OCH3 is 1. The Morgan fingerprint density at radius 2 is 1.77 bits per heavy atom. The maximum Gasteiger partial charge on any atom is 0.142 e. The zero-order valence-corrected chi connectivity index (χ0v) is 19.2. The van der Waals surface area contributed by atoms with E-state index in [2.05, 4.69) is 61.6 Å². The Bertz CT molecular complexity index is 1540. The summed E-state index contributed by atoms with van der Waals surface area (Å²) in [5.74, 6) is 2.41. The van der Waals surface area contributed by atoms with Gasteiger partial charge in [-0.05, 0) is 65.0 Å². The van der Waals surface area contributed by atoms with Crippen LogP contribution in [0.1, 0.15) is 12.8 Å². The van der Waals surface area contributed by atoms with E-state index in [0.717, 1.165) is 50.5 Å². The Hall–Kier alpha value is -4.52. The SMILES string of the molecule is COc1ccc(-c2ccc3c(-c4cccc(N=O)c4)cn(-c4cc(NC5CC5)ncn4)c3c2)cc1. The van der Waals surface area contributed by atoms with Crippen molar-refractivity contribution in [3.63, 3.8) is 0 Å². The van der Waals surface area contributed by atoms with Crippen molar-refractivity contribution in [1.82, 2.24) is 14.5 Å². The number of nitrogens with one attached hydrogen (secondary N) is 1. The molecule has 1 saturated carbocycles. The summed E-state index contributed by atoms with van der Waals surface area (Å²) in [5, 5.41) is 7.63. The number of nitrogens with zero attached hydrogens (tertiary/aromatic N) is 4. The van der Waals surface area contributed by atoms with Gasteiger partial charge in [0.25, 0.3) is 0 Å². The number of rotatable bonds is 7. The van der Waals surface area contributed by atoms with E-state index in [4.69, 9.17) is 4.74 Å². The number of anilines is 1. The van der Waals surface area contributed by atoms with Gasteiger partial charge in [-0.2, -0.15) is 0 Å². The molecule has 0 aliphatic heterocycles. The van der Waals surface area contributed by atoms with Crippen LogP contribution in [0.25, 0.3) is 39.0 Å². The predicted molar refractivity (Wildman–Crippen MR) is 138 cm³/mol. The minimum Gasteiger partial charge on any atom is -0.497 e. The van der Waals surface area contributed by atoms with E-state index in [1.807, 2.05) is 36.4 Å². The van der Waals surface area contributed by atoms with Crippen molar-refractivity contribution >= 4 is 22.4 Å². The van der Waals surface area contributed by atoms with Gasteiger partial charge < -0.3 is 14.6 Å². The summed E-state index contributed by atoms with van der Waals surface area (Å²) in [6, 6.07) is 24.2. The first-order chi connectivity index (χ1) is 17.2. The maximum absolute atomic E-state index is 11.2. The fraction of sp³-hybridized carbons (Fsp3) is 0.143. The highest BCUT2D eigenvalue weighted by Crippen LogP contribution is 2.36. The van der Waals surface area contributed by atoms with Crippen LogP contribution in [-0.4, -0.2) is 27.7 Å². The van der Waals surface area contributed by atoms with E-state index in [1.54, 1.807) is 19.5 Å². The lowest BCUT2D eigenvalue weighted by Crippen LogP contribution is -2.05. The highest BCUT2D eigenvalue weighted by Gasteiger charge is 2.22. The molecule has 0 saturated heterocycles. The smallest absolute Gasteiger partial charge is 0.142 e. The molecule has 0 radical (unpaired) electrons. The lowest BCUT2D eigenvalue weighted by molar-refractivity contribution is 0.415. The molecule has 5 aromatic rings. The van der Waals surface area contributed by atoms with Crippen molar-refractivity contribution in [1.29, 1.82) is 0 Å². The fourth-order valence-electron chi connectivity index (χ4n) is 4.33. The third kappa shape index (κ3) is 4.12. The summed E-state index contributed by atoms with van der Waals surface area (Å²) in [6.45, 7) is 0. The van der Waals surface area contributed by atoms with Crippen LogP contribution in [0, 0.1) is 4.91 Å². The van der Waals surface area contributed by atoms with Gasteiger partial charge in [-0.15, -0.1) is 4.91 Å². The van der Waals surface area contributed by atoms with Crippen LogP contribution in [0.15, 0.2) is 90.5 Å². The lowest BCUT2D eigenvalue weighted by atomic mass is 10.0. The zero-order chi connectivity index (χ0) is 23.8. The minimum absolute atomic E-state index is 0.399. The first-order valence-corrected chi connectivity index (χ1v) is 11.5. The van der Waals surface area contributed by atoms with Crippen LogP contribution in [0.2, 0.25) is 0 Å². The third-order valence-corrected chi connectivity index (χ3v) is 6.32. The summed E-state index contributed by atoms with van der Waals surface area (Å²) in [6.07, 6.45) is 6.00. The molecule has 1 N–H and O–H groups in total. The van der Waals surface area contributed by atoms with E-state index in [1.165, 1.54) is 12.8 Å². The highest BCUT2D eigenvalue weighted by molar-refractivity contribution is 5.99. The molecule has 1 aliphatic carbocycles. The average Bonchev–Trinajstić information content (AvgIpc) is 3.65. The molecule has 0 spiro atoms. The molecule has 1 fully saturated rings. The summed E-state index contributed by atoms with van der Waals surface area (Å²) in [5.41, 5.74) is 5.51. The summed E-state index contributed by atoms with van der Waals surface area (Å²) in [7, 11) is 1.67. The van der Waals surface area contributed by atoms with Gasteiger partial charge in [-0.1, -0.05) is 36.4 Å². The van der Waals surface area contributed by atoms with Gasteiger partial charge in [-0.3, -0.25) is 0 Å². The van der Waals surface area contributed by atoms with E-state index >= 15 is 0 Å². The topological polar surface area (TPSA) is 81.4 Å². The van der Waals surface area contributed by atoms with Gasteiger partial charge in [0, 0.05) is 29.3 Å². The normalized spacial score (nSPS) is 13.1. The van der Waals surface area contributed by atoms with Crippen molar-refractivity contribution in [2.45, 2.75) is 18.9 Å². The first kappa shape index (κ1) is 21.0. The molecule has 1 aliphatic rings. The van der Waals surface area contributed by atoms with Crippen LogP contribution < -0.4 is 10.1 Å². The maximum atomic E-state index is 11.2. The average molecular weight is 462 g/mol. The van der Waals surface area contributed by atoms with Crippen molar-refractivity contribution in [3.05, 3.63) is 90.2 Å². The number of ether oxygens (including phenoxy) is 1. The number of hydrogen-bond donors (Lipinski definition) is 1. The van der Waals surface area contributed by atoms with E-state index in [9.17, 15) is 4.91 Å². The summed E-state index contributed by atoms with van der Waals surface area (Å²) < 4.78 is 7.39. The van der Waals surface area contributed by atoms with Gasteiger partial charge in [0.2, 0.25) is 0 Å². The zero-order valence-electron chi connectivity index (χ0n) is 19.2. The van der Waals surface area contributed by atoms with Crippen molar-refractivity contribution in [2.24, 2.45) is 5.18 Å². The van der Waals surface area contributed by atoms with Gasteiger partial charge in [-0.25, -0.2) is 9.97 Å². The second-order valence-electron chi connectivity index (χ2n) is 8.69. The standard InChI is InChI=1S/C28H23N5O2/c1-35-23-10-5-18(6-11-23)19-7-12-24-25(20-3-2-4-22(13-20)32-34)16-33(26(24)14-19)28-15-27(29-17-30-28)31-21-8-9-21/h2-7,10-17,21H,8-9H2,1H3,(H,29,30,31). The fourth-order valence-corrected chi connectivity index (χ4v) is 4.33. The van der Waals surface area contributed by atoms with E-state index in [-0.39, 0.29) is 0 Å². The first-order valence-electron chi connectivity index (χ1n) is 11.5. The Kier molecular flexibility index (Phi) is 5.22. The number of fused-ring (bicyclic) bond motifs is 1. The molecule has 2 aromatic heterocycles. The van der Waals surface area contributed by atoms with Gasteiger partial charge in [0.1, 0.15) is 29.4 Å². The molecule has 172 valence electrons. The Balaban J connectivity index is 1.53. The van der Waals surface area contributed by atoms with Gasteiger partial charge in [0.15, 0.2) is 0 Å². The molecule has 35 heavy (non-hydrogen) atoms. The van der Waals surface area contributed by atoms with Crippen molar-refractivity contribution in [2.75, 3.05) is 12.4 Å². The second kappa shape index (κ2) is 8.68. The molecule has 7 heteroatoms. The largest absolute Gasteiger partial charge is 0.497 e. The van der Waals surface area contributed by atoms with Crippen LogP contribution in [0.3, 0.4) is 0 Å². The number of benzene rings is 3. The van der Waals surface area contributed by atoms with Gasteiger partial charge in [0.05, 0.1) is 12.6 Å². The quantitative estimate of drug-likeness (QED) is 0.272. The number of hydrogen-bond acceptors (Lipinski definition) is 6. The third-order valence-electron chi connectivity index (χ3n) is 6.32. The summed E-state index contributed by atoms with van der Waals surface area (Å²) in [4.78, 5) is 20.1. The van der Waals surface area contributed by atoms with Crippen LogP contribution >= 0.6 is 0 Å². The Morgan fingerprint density at radius 3 is 2.54 bits per heavy atom. The number of aromatic nitrogens is 3. The molecule has 7 nitrogen and oxygen atoms in total. The predicted octanol–water partition coefficient (Wildman–Crippen LogP) is 6.74. The number of nitroso groups, excluding NO2 is 1. The Labute approximate surface area is 202 Å².